The van der Waals surface area contributed by atoms with Crippen LogP contribution in [0.1, 0.15) is 33.6 Å². The molecule has 2 heteroatoms. The molecule has 0 heterocycles. The molecule has 0 atom stereocenters. The lowest BCUT2D eigenvalue weighted by atomic mass is 10.3. The zero-order valence-electron chi connectivity index (χ0n) is 7.12. The third-order valence-corrected chi connectivity index (χ3v) is 1.54. The Hall–Kier alpha value is 0.177. The molecule has 0 saturated carbocycles. The summed E-state index contributed by atoms with van der Waals surface area (Å²) in [7, 11) is 1.23. The van der Waals surface area contributed by atoms with Crippen LogP contribution in [0.15, 0.2) is 0 Å². The molecule has 56 valence electrons. The van der Waals surface area contributed by atoms with Crippen molar-refractivity contribution in [3.8, 4) is 0 Å². The topological polar surface area (TPSA) is 12.0 Å². The molecule has 1 nitrogen and oxygen atoms in total. The first kappa shape index (κ1) is 9.18. The van der Waals surface area contributed by atoms with Crippen LogP contribution in [0.25, 0.3) is 0 Å². The van der Waals surface area contributed by atoms with Gasteiger partial charge in [-0.05, 0) is 18.1 Å². The predicted octanol–water partition coefficient (Wildman–Crippen LogP) is 0.478. The van der Waals surface area contributed by atoms with Crippen LogP contribution in [-0.2, 0) is 0 Å². The Morgan fingerprint density at radius 1 is 1.44 bits per heavy atom. The maximum Gasteiger partial charge on any atom is 0.0273 e. The minimum atomic E-state index is 0.440. The van der Waals surface area contributed by atoms with Crippen molar-refractivity contribution in [1.82, 2.24) is 5.32 Å². The third kappa shape index (κ3) is 8.18. The summed E-state index contributed by atoms with van der Waals surface area (Å²) >= 11 is 0. The van der Waals surface area contributed by atoms with Gasteiger partial charge in [-0.2, -0.15) is 0 Å². The summed E-state index contributed by atoms with van der Waals surface area (Å²) in [6.45, 7) is 7.93. The molecule has 9 heavy (non-hydrogen) atoms. The van der Waals surface area contributed by atoms with E-state index in [1.54, 1.807) is 0 Å². The fourth-order valence-corrected chi connectivity index (χ4v) is 0.890. The first-order chi connectivity index (χ1) is 4.06. The summed E-state index contributed by atoms with van der Waals surface area (Å²) in [5.74, 6) is 0. The van der Waals surface area contributed by atoms with Gasteiger partial charge in [0.15, 0.2) is 0 Å². The standard InChI is InChI=1S/C7H19NSi/c1-4-5-6-8-7(2,3)9/h8H,4-6H2,1-3,9H3. The molecule has 0 bridgehead atoms. The van der Waals surface area contributed by atoms with Crippen molar-refractivity contribution < 1.29 is 0 Å². The smallest absolute Gasteiger partial charge is 0.0273 e. The van der Waals surface area contributed by atoms with E-state index in [-0.39, 0.29) is 0 Å². The second-order valence-corrected chi connectivity index (χ2v) is 6.03. The monoisotopic (exact) mass is 145 g/mol. The summed E-state index contributed by atoms with van der Waals surface area (Å²) in [6.07, 6.45) is 2.61. The number of nitrogens with one attached hydrogen (secondary N) is 1. The van der Waals surface area contributed by atoms with E-state index in [4.69, 9.17) is 0 Å². The molecule has 0 aromatic heterocycles. The summed E-state index contributed by atoms with van der Waals surface area (Å²) in [6, 6.07) is 0. The molecule has 0 aromatic carbocycles. The number of hydrogen-bond donors (Lipinski definition) is 1. The molecule has 0 radical (unpaired) electrons. The van der Waals surface area contributed by atoms with Crippen LogP contribution < -0.4 is 5.32 Å². The molecule has 0 fully saturated rings. The van der Waals surface area contributed by atoms with Gasteiger partial charge >= 0.3 is 0 Å². The van der Waals surface area contributed by atoms with Gasteiger partial charge in [-0.3, -0.25) is 0 Å². The van der Waals surface area contributed by atoms with Crippen molar-refractivity contribution in [3.05, 3.63) is 0 Å². The van der Waals surface area contributed by atoms with Crippen molar-refractivity contribution >= 4 is 10.2 Å². The Morgan fingerprint density at radius 2 is 2.00 bits per heavy atom. The zero-order valence-corrected chi connectivity index (χ0v) is 9.12. The Labute approximate surface area is 61.6 Å². The largest absolute Gasteiger partial charge is 0.315 e. The lowest BCUT2D eigenvalue weighted by Crippen LogP contribution is -2.39. The van der Waals surface area contributed by atoms with E-state index < -0.39 is 0 Å². The van der Waals surface area contributed by atoms with Crippen LogP contribution in [0.2, 0.25) is 0 Å². The summed E-state index contributed by atoms with van der Waals surface area (Å²) in [5, 5.41) is 3.92. The summed E-state index contributed by atoms with van der Waals surface area (Å²) in [5.41, 5.74) is 0. The second-order valence-electron chi connectivity index (χ2n) is 3.53. The molecular weight excluding hydrogens is 126 g/mol. The average Bonchev–Trinajstić information content (AvgIpc) is 1.63. The second kappa shape index (κ2) is 4.07. The van der Waals surface area contributed by atoms with Crippen LogP contribution in [0.4, 0.5) is 0 Å². The van der Waals surface area contributed by atoms with Crippen LogP contribution in [0.3, 0.4) is 0 Å². The van der Waals surface area contributed by atoms with Crippen LogP contribution in [-0.4, -0.2) is 21.9 Å². The van der Waals surface area contributed by atoms with Gasteiger partial charge < -0.3 is 5.32 Å². The molecule has 0 amide bonds. The van der Waals surface area contributed by atoms with Gasteiger partial charge in [0.2, 0.25) is 0 Å². The maximum absolute atomic E-state index is 3.48. The normalized spacial score (nSPS) is 12.3. The average molecular weight is 145 g/mol. The van der Waals surface area contributed by atoms with Gasteiger partial charge in [0.25, 0.3) is 0 Å². The highest BCUT2D eigenvalue weighted by atomic mass is 28.1. The molecule has 0 spiro atoms. The van der Waals surface area contributed by atoms with Gasteiger partial charge in [0, 0.05) is 10.2 Å². The third-order valence-electron chi connectivity index (χ3n) is 1.19. The molecule has 0 aromatic rings. The van der Waals surface area contributed by atoms with Gasteiger partial charge in [-0.1, -0.05) is 27.2 Å². The highest BCUT2D eigenvalue weighted by Gasteiger charge is 2.05. The Bertz CT molecular complexity index is 65.8. The van der Waals surface area contributed by atoms with Crippen molar-refractivity contribution in [1.29, 1.82) is 0 Å². The van der Waals surface area contributed by atoms with Gasteiger partial charge in [0.1, 0.15) is 0 Å². The minimum Gasteiger partial charge on any atom is -0.315 e. The number of unbranched alkanes of at least 4 members (excludes halogenated alkanes) is 1. The predicted molar refractivity (Wildman–Crippen MR) is 46.9 cm³/mol. The highest BCUT2D eigenvalue weighted by molar-refractivity contribution is 6.14. The van der Waals surface area contributed by atoms with Crippen LogP contribution >= 0.6 is 0 Å². The first-order valence-electron chi connectivity index (χ1n) is 3.81. The van der Waals surface area contributed by atoms with Crippen LogP contribution in [0, 0.1) is 0 Å². The van der Waals surface area contributed by atoms with Crippen molar-refractivity contribution in [2.75, 3.05) is 6.54 Å². The van der Waals surface area contributed by atoms with E-state index in [1.807, 2.05) is 0 Å². The van der Waals surface area contributed by atoms with E-state index >= 15 is 0 Å². The van der Waals surface area contributed by atoms with Gasteiger partial charge in [-0.25, -0.2) is 0 Å². The molecule has 0 rings (SSSR count). The fourth-order valence-electron chi connectivity index (χ4n) is 0.640. The number of rotatable bonds is 4. The first-order valence-corrected chi connectivity index (χ1v) is 4.81. The van der Waals surface area contributed by atoms with E-state index in [2.05, 4.69) is 26.1 Å². The Balaban J connectivity index is 3.07. The molecule has 0 aliphatic rings. The van der Waals surface area contributed by atoms with Gasteiger partial charge in [0.05, 0.1) is 0 Å². The minimum absolute atomic E-state index is 0.440. The molecule has 0 unspecified atom stereocenters. The molecular formula is C7H19NSi. The summed E-state index contributed by atoms with van der Waals surface area (Å²) in [4.78, 5) is 0. The molecule has 0 aliphatic carbocycles. The maximum atomic E-state index is 3.48. The van der Waals surface area contributed by atoms with Gasteiger partial charge in [-0.15, -0.1) is 0 Å². The molecule has 0 aliphatic heterocycles. The SMILES string of the molecule is CCCCNC(C)(C)[SiH3]. The molecule has 1 N–H and O–H groups in total. The van der Waals surface area contributed by atoms with E-state index in [0.717, 1.165) is 0 Å². The van der Waals surface area contributed by atoms with Crippen molar-refractivity contribution in [3.63, 3.8) is 0 Å². The van der Waals surface area contributed by atoms with Crippen molar-refractivity contribution in [2.45, 2.75) is 38.8 Å². The Kier molecular flexibility index (Phi) is 4.15. The number of hydrogen-bond acceptors (Lipinski definition) is 1. The summed E-state index contributed by atoms with van der Waals surface area (Å²) < 4.78 is 0. The quantitative estimate of drug-likeness (QED) is 0.448. The highest BCUT2D eigenvalue weighted by Crippen LogP contribution is 1.93. The molecule has 0 saturated heterocycles. The Morgan fingerprint density at radius 3 is 2.33 bits per heavy atom. The van der Waals surface area contributed by atoms with Crippen molar-refractivity contribution in [2.24, 2.45) is 0 Å². The van der Waals surface area contributed by atoms with E-state index in [1.165, 1.54) is 29.6 Å². The van der Waals surface area contributed by atoms with E-state index in [0.29, 0.717) is 5.16 Å². The zero-order chi connectivity index (χ0) is 7.33. The lowest BCUT2D eigenvalue weighted by molar-refractivity contribution is 0.516. The van der Waals surface area contributed by atoms with E-state index in [9.17, 15) is 0 Å². The fraction of sp³-hybridized carbons (Fsp3) is 1.00. The lowest BCUT2D eigenvalue weighted by Gasteiger charge is -2.19. The van der Waals surface area contributed by atoms with Crippen LogP contribution in [0.5, 0.6) is 0 Å².